The third-order valence-electron chi connectivity index (χ3n) is 6.53. The van der Waals surface area contributed by atoms with E-state index >= 15 is 0 Å². The van der Waals surface area contributed by atoms with E-state index in [1.165, 1.54) is 4.90 Å². The molecule has 0 saturated carbocycles. The van der Waals surface area contributed by atoms with Crippen LogP contribution in [0.2, 0.25) is 10.0 Å². The van der Waals surface area contributed by atoms with E-state index in [1.807, 2.05) is 38.1 Å². The first-order valence-corrected chi connectivity index (χ1v) is 13.7. The van der Waals surface area contributed by atoms with Gasteiger partial charge in [-0.1, -0.05) is 47.5 Å². The molecule has 1 saturated heterocycles. The predicted molar refractivity (Wildman–Crippen MR) is 151 cm³/mol. The number of hydrogen-bond acceptors (Lipinski definition) is 7. The number of amidine groups is 1. The van der Waals surface area contributed by atoms with Gasteiger partial charge in [-0.15, -0.1) is 0 Å². The molecule has 0 radical (unpaired) electrons. The molecule has 0 aliphatic carbocycles. The lowest BCUT2D eigenvalue weighted by Crippen LogP contribution is -2.55. The molecule has 3 aromatic rings. The average Bonchev–Trinajstić information content (AvgIpc) is 3.34. The van der Waals surface area contributed by atoms with Crippen molar-refractivity contribution in [3.63, 3.8) is 0 Å². The molecule has 12 heteroatoms. The number of urea groups is 1. The van der Waals surface area contributed by atoms with Crippen molar-refractivity contribution in [1.29, 1.82) is 0 Å². The van der Waals surface area contributed by atoms with E-state index in [0.29, 0.717) is 47.7 Å². The van der Waals surface area contributed by atoms with Crippen molar-refractivity contribution >= 4 is 41.0 Å². The molecule has 2 aliphatic rings. The van der Waals surface area contributed by atoms with Crippen LogP contribution in [0.25, 0.3) is 0 Å². The molecule has 1 N–H and O–H groups in total. The van der Waals surface area contributed by atoms with Gasteiger partial charge in [-0.05, 0) is 49.2 Å². The van der Waals surface area contributed by atoms with Crippen molar-refractivity contribution in [2.75, 3.05) is 32.8 Å². The Kier molecular flexibility index (Phi) is 8.37. The Labute approximate surface area is 241 Å². The number of ether oxygens (including phenoxy) is 2. The maximum atomic E-state index is 14.3. The molecule has 3 amide bonds. The van der Waals surface area contributed by atoms with Gasteiger partial charge in [0.05, 0.1) is 24.8 Å². The molecule has 1 fully saturated rings. The summed E-state index contributed by atoms with van der Waals surface area (Å²) < 4.78 is 11.4. The van der Waals surface area contributed by atoms with Crippen LogP contribution in [0.4, 0.5) is 4.79 Å². The number of aliphatic imine (C=N–C) groups is 1. The fourth-order valence-corrected chi connectivity index (χ4v) is 5.01. The SMILES string of the molecule is CCOc1ncc(C2=N[C@H](c3ccc(Cl)cc3)[C@H](c3ccc(Cl)cc3)N2C(=O)N2CCNC(=O)C2)c(OCC)n1. The third kappa shape index (κ3) is 5.68. The van der Waals surface area contributed by atoms with E-state index in [1.54, 1.807) is 35.4 Å². The highest BCUT2D eigenvalue weighted by Crippen LogP contribution is 2.45. The van der Waals surface area contributed by atoms with Gasteiger partial charge in [0, 0.05) is 29.3 Å². The molecular formula is C28H28Cl2N6O4. The Balaban J connectivity index is 1.69. The summed E-state index contributed by atoms with van der Waals surface area (Å²) in [6.07, 6.45) is 1.55. The van der Waals surface area contributed by atoms with E-state index in [2.05, 4.69) is 15.3 Å². The summed E-state index contributed by atoms with van der Waals surface area (Å²) in [6, 6.07) is 13.3. The molecule has 0 bridgehead atoms. The number of halogens is 2. The van der Waals surface area contributed by atoms with Gasteiger partial charge in [0.15, 0.2) is 0 Å². The lowest BCUT2D eigenvalue weighted by Gasteiger charge is -2.35. The molecule has 2 aromatic carbocycles. The smallest absolute Gasteiger partial charge is 0.326 e. The van der Waals surface area contributed by atoms with Crippen molar-refractivity contribution in [2.45, 2.75) is 25.9 Å². The number of piperazine rings is 1. The molecule has 0 spiro atoms. The number of benzene rings is 2. The fraction of sp³-hybridized carbons (Fsp3) is 0.321. The summed E-state index contributed by atoms with van der Waals surface area (Å²) in [5.41, 5.74) is 2.08. The van der Waals surface area contributed by atoms with Crippen LogP contribution >= 0.6 is 23.2 Å². The van der Waals surface area contributed by atoms with Crippen LogP contribution in [-0.2, 0) is 4.79 Å². The van der Waals surface area contributed by atoms with Crippen LogP contribution in [0.15, 0.2) is 59.7 Å². The quantitative estimate of drug-likeness (QED) is 0.433. The minimum Gasteiger partial charge on any atom is -0.477 e. The van der Waals surface area contributed by atoms with Gasteiger partial charge in [0.2, 0.25) is 11.8 Å². The first-order valence-electron chi connectivity index (χ1n) is 13.0. The standard InChI is InChI=1S/C28H28Cl2N6O4/c1-3-39-26-21(15-32-27(34-26)40-4-2)25-33-23(17-5-9-19(29)10-6-17)24(18-7-11-20(30)12-8-18)36(25)28(38)35-14-13-31-22(37)16-35/h5-12,15,23-24H,3-4,13-14,16H2,1-2H3,(H,31,37)/t23-,24+/m1/s1. The molecule has 208 valence electrons. The number of rotatable bonds is 7. The molecule has 1 aromatic heterocycles. The van der Waals surface area contributed by atoms with E-state index < -0.39 is 12.1 Å². The second-order valence-corrected chi connectivity index (χ2v) is 9.98. The Morgan fingerprint density at radius 2 is 1.65 bits per heavy atom. The first kappa shape index (κ1) is 27.7. The van der Waals surface area contributed by atoms with Gasteiger partial charge in [-0.3, -0.25) is 14.7 Å². The molecule has 2 aliphatic heterocycles. The number of hydrogen-bond donors (Lipinski definition) is 1. The fourth-order valence-electron chi connectivity index (χ4n) is 4.76. The largest absolute Gasteiger partial charge is 0.477 e. The third-order valence-corrected chi connectivity index (χ3v) is 7.04. The Bertz CT molecular complexity index is 1420. The van der Waals surface area contributed by atoms with Gasteiger partial charge in [0.1, 0.15) is 18.4 Å². The number of nitrogens with one attached hydrogen (secondary N) is 1. The molecule has 0 unspecified atom stereocenters. The zero-order valence-corrected chi connectivity index (χ0v) is 23.5. The monoisotopic (exact) mass is 582 g/mol. The minimum absolute atomic E-state index is 0.0698. The van der Waals surface area contributed by atoms with Crippen LogP contribution in [-0.4, -0.2) is 70.4 Å². The van der Waals surface area contributed by atoms with Crippen molar-refractivity contribution < 1.29 is 19.1 Å². The van der Waals surface area contributed by atoms with E-state index in [-0.39, 0.29) is 30.4 Å². The Hall–Kier alpha value is -3.89. The van der Waals surface area contributed by atoms with Crippen molar-refractivity contribution in [3.05, 3.63) is 81.5 Å². The average molecular weight is 583 g/mol. The summed E-state index contributed by atoms with van der Waals surface area (Å²) in [5, 5.41) is 3.92. The topological polar surface area (TPSA) is 109 Å². The maximum Gasteiger partial charge on any atom is 0.326 e. The zero-order chi connectivity index (χ0) is 28.2. The van der Waals surface area contributed by atoms with Gasteiger partial charge in [0.25, 0.3) is 0 Å². The summed E-state index contributed by atoms with van der Waals surface area (Å²) in [4.78, 5) is 43.5. The van der Waals surface area contributed by atoms with Crippen LogP contribution in [0.1, 0.15) is 42.6 Å². The molecule has 2 atom stereocenters. The summed E-state index contributed by atoms with van der Waals surface area (Å²) >= 11 is 12.4. The van der Waals surface area contributed by atoms with Crippen LogP contribution in [0.3, 0.4) is 0 Å². The van der Waals surface area contributed by atoms with E-state index in [0.717, 1.165) is 11.1 Å². The van der Waals surface area contributed by atoms with Gasteiger partial charge >= 0.3 is 12.0 Å². The summed E-state index contributed by atoms with van der Waals surface area (Å²) in [5.74, 6) is 0.330. The van der Waals surface area contributed by atoms with Crippen molar-refractivity contribution in [3.8, 4) is 11.9 Å². The highest BCUT2D eigenvalue weighted by molar-refractivity contribution is 6.30. The van der Waals surface area contributed by atoms with Crippen LogP contribution < -0.4 is 14.8 Å². The summed E-state index contributed by atoms with van der Waals surface area (Å²) in [6.45, 7) is 5.01. The van der Waals surface area contributed by atoms with Gasteiger partial charge in [-0.2, -0.15) is 4.98 Å². The molecule has 10 nitrogen and oxygen atoms in total. The molecule has 5 rings (SSSR count). The second kappa shape index (κ2) is 12.1. The normalized spacial score (nSPS) is 18.8. The first-order chi connectivity index (χ1) is 19.4. The Morgan fingerprint density at radius 3 is 2.27 bits per heavy atom. The highest BCUT2D eigenvalue weighted by Gasteiger charge is 2.45. The number of amides is 3. The van der Waals surface area contributed by atoms with Crippen LogP contribution in [0.5, 0.6) is 11.9 Å². The Morgan fingerprint density at radius 1 is 1.00 bits per heavy atom. The van der Waals surface area contributed by atoms with E-state index in [9.17, 15) is 9.59 Å². The lowest BCUT2D eigenvalue weighted by atomic mass is 9.94. The molecule has 40 heavy (non-hydrogen) atoms. The summed E-state index contributed by atoms with van der Waals surface area (Å²) in [7, 11) is 0. The zero-order valence-electron chi connectivity index (χ0n) is 22.0. The molecule has 3 heterocycles. The number of nitrogens with zero attached hydrogens (tertiary/aromatic N) is 5. The highest BCUT2D eigenvalue weighted by atomic mass is 35.5. The minimum atomic E-state index is -0.577. The van der Waals surface area contributed by atoms with Crippen LogP contribution in [0, 0.1) is 0 Å². The van der Waals surface area contributed by atoms with E-state index in [4.69, 9.17) is 37.7 Å². The lowest BCUT2D eigenvalue weighted by molar-refractivity contribution is -0.123. The maximum absolute atomic E-state index is 14.3. The number of carbonyl (C=O) groups is 2. The second-order valence-electron chi connectivity index (χ2n) is 9.11. The van der Waals surface area contributed by atoms with Gasteiger partial charge < -0.3 is 19.7 Å². The number of aromatic nitrogens is 2. The number of carbonyl (C=O) groups excluding carboxylic acids is 2. The van der Waals surface area contributed by atoms with Crippen molar-refractivity contribution in [2.24, 2.45) is 4.99 Å². The van der Waals surface area contributed by atoms with Gasteiger partial charge in [-0.25, -0.2) is 9.78 Å². The van der Waals surface area contributed by atoms with Crippen molar-refractivity contribution in [1.82, 2.24) is 25.1 Å². The molecular weight excluding hydrogens is 555 g/mol. The predicted octanol–water partition coefficient (Wildman–Crippen LogP) is 4.68.